The lowest BCUT2D eigenvalue weighted by atomic mass is 9.89. The summed E-state index contributed by atoms with van der Waals surface area (Å²) in [5.74, 6) is 0.383. The average Bonchev–Trinajstić information content (AvgIpc) is 3.21. The summed E-state index contributed by atoms with van der Waals surface area (Å²) in [6, 6.07) is 13.2. The van der Waals surface area contributed by atoms with Gasteiger partial charge in [-0.3, -0.25) is 4.79 Å². The molecule has 0 aliphatic carbocycles. The molecule has 2 aromatic carbocycles. The van der Waals surface area contributed by atoms with E-state index in [2.05, 4.69) is 34.4 Å². The minimum absolute atomic E-state index is 0.182. The maximum Gasteiger partial charge on any atom is 0.257 e. The van der Waals surface area contributed by atoms with E-state index in [1.54, 1.807) is 12.1 Å². The van der Waals surface area contributed by atoms with Crippen LogP contribution in [0.1, 0.15) is 67.3 Å². The van der Waals surface area contributed by atoms with Crippen LogP contribution in [0.2, 0.25) is 5.02 Å². The van der Waals surface area contributed by atoms with E-state index in [4.69, 9.17) is 11.6 Å². The van der Waals surface area contributed by atoms with Gasteiger partial charge >= 0.3 is 0 Å². The Morgan fingerprint density at radius 3 is 2.71 bits per heavy atom. The quantitative estimate of drug-likeness (QED) is 0.379. The van der Waals surface area contributed by atoms with Gasteiger partial charge in [-0.1, -0.05) is 49.9 Å². The molecular weight excluding hydrogens is 406 g/mol. The lowest BCUT2D eigenvalue weighted by molar-refractivity contribution is 0.102. The van der Waals surface area contributed by atoms with Crippen molar-refractivity contribution in [2.45, 2.75) is 51.4 Å². The minimum atomic E-state index is -0.182. The van der Waals surface area contributed by atoms with Gasteiger partial charge in [0.05, 0.1) is 10.6 Å². The van der Waals surface area contributed by atoms with E-state index >= 15 is 0 Å². The van der Waals surface area contributed by atoms with E-state index in [-0.39, 0.29) is 5.91 Å². The molecule has 4 nitrogen and oxygen atoms in total. The SMILES string of the molecule is CCCCCCN1CCC(c2c[nH]c3ccc(NC(=O)c4ccccc4Cl)cc23)CC1. The number of carbonyl (C=O) groups is 1. The second kappa shape index (κ2) is 10.3. The first kappa shape index (κ1) is 21.9. The fourth-order valence-corrected chi connectivity index (χ4v) is 4.85. The van der Waals surface area contributed by atoms with E-state index in [0.717, 1.165) is 11.2 Å². The maximum atomic E-state index is 12.7. The first-order valence-electron chi connectivity index (χ1n) is 11.5. The van der Waals surface area contributed by atoms with E-state index in [9.17, 15) is 4.79 Å². The first-order chi connectivity index (χ1) is 15.2. The topological polar surface area (TPSA) is 48.1 Å². The number of piperidine rings is 1. The number of amides is 1. The molecule has 31 heavy (non-hydrogen) atoms. The number of benzene rings is 2. The number of aromatic nitrogens is 1. The van der Waals surface area contributed by atoms with Gasteiger partial charge < -0.3 is 15.2 Å². The summed E-state index contributed by atoms with van der Waals surface area (Å²) >= 11 is 6.18. The van der Waals surface area contributed by atoms with Crippen molar-refractivity contribution in [1.82, 2.24) is 9.88 Å². The third kappa shape index (κ3) is 5.31. The Bertz CT molecular complexity index is 1020. The molecule has 5 heteroatoms. The number of unbranched alkanes of at least 4 members (excludes halogenated alkanes) is 3. The summed E-state index contributed by atoms with van der Waals surface area (Å²) in [4.78, 5) is 18.7. The molecule has 1 fully saturated rings. The van der Waals surface area contributed by atoms with Crippen molar-refractivity contribution >= 4 is 34.1 Å². The van der Waals surface area contributed by atoms with Gasteiger partial charge in [-0.15, -0.1) is 0 Å². The van der Waals surface area contributed by atoms with Gasteiger partial charge in [0.1, 0.15) is 0 Å². The summed E-state index contributed by atoms with van der Waals surface area (Å²) in [6.07, 6.45) is 9.85. The van der Waals surface area contributed by atoms with Crippen LogP contribution in [0.3, 0.4) is 0 Å². The third-order valence-electron chi connectivity index (χ3n) is 6.45. The van der Waals surface area contributed by atoms with Crippen molar-refractivity contribution in [1.29, 1.82) is 0 Å². The Morgan fingerprint density at radius 2 is 1.94 bits per heavy atom. The Hall–Kier alpha value is -2.30. The molecule has 1 aliphatic rings. The Labute approximate surface area is 190 Å². The molecular formula is C26H32ClN3O. The van der Waals surface area contributed by atoms with Gasteiger partial charge in [0, 0.05) is 22.8 Å². The fourth-order valence-electron chi connectivity index (χ4n) is 4.63. The highest BCUT2D eigenvalue weighted by Crippen LogP contribution is 2.34. The molecule has 1 aliphatic heterocycles. The highest BCUT2D eigenvalue weighted by atomic mass is 35.5. The van der Waals surface area contributed by atoms with Crippen molar-refractivity contribution in [2.24, 2.45) is 0 Å². The predicted molar refractivity (Wildman–Crippen MR) is 130 cm³/mol. The van der Waals surface area contributed by atoms with Crippen LogP contribution in [0.25, 0.3) is 10.9 Å². The monoisotopic (exact) mass is 437 g/mol. The Morgan fingerprint density at radius 1 is 1.13 bits per heavy atom. The summed E-state index contributed by atoms with van der Waals surface area (Å²) < 4.78 is 0. The number of hydrogen-bond acceptors (Lipinski definition) is 2. The molecule has 2 heterocycles. The number of nitrogens with one attached hydrogen (secondary N) is 2. The van der Waals surface area contributed by atoms with Crippen LogP contribution in [-0.4, -0.2) is 35.4 Å². The number of carbonyl (C=O) groups excluding carboxylic acids is 1. The van der Waals surface area contributed by atoms with Crippen LogP contribution in [0, 0.1) is 0 Å². The van der Waals surface area contributed by atoms with Gasteiger partial charge in [0.25, 0.3) is 5.91 Å². The summed E-state index contributed by atoms with van der Waals surface area (Å²) in [7, 11) is 0. The Kier molecular flexibility index (Phi) is 7.31. The van der Waals surface area contributed by atoms with Crippen LogP contribution in [0.15, 0.2) is 48.7 Å². The lowest BCUT2D eigenvalue weighted by Crippen LogP contribution is -2.33. The number of fused-ring (bicyclic) bond motifs is 1. The molecule has 0 unspecified atom stereocenters. The molecule has 0 spiro atoms. The second-order valence-corrected chi connectivity index (χ2v) is 9.02. The molecule has 3 aromatic rings. The smallest absolute Gasteiger partial charge is 0.257 e. The number of H-pyrrole nitrogens is 1. The highest BCUT2D eigenvalue weighted by molar-refractivity contribution is 6.34. The van der Waals surface area contributed by atoms with Crippen LogP contribution < -0.4 is 5.32 Å². The zero-order valence-electron chi connectivity index (χ0n) is 18.3. The zero-order chi connectivity index (χ0) is 21.6. The molecule has 0 atom stereocenters. The van der Waals surface area contributed by atoms with E-state index < -0.39 is 0 Å². The normalized spacial score (nSPS) is 15.4. The van der Waals surface area contributed by atoms with E-state index in [1.165, 1.54) is 69.1 Å². The van der Waals surface area contributed by atoms with Crippen molar-refractivity contribution in [2.75, 3.05) is 25.0 Å². The van der Waals surface area contributed by atoms with E-state index in [1.807, 2.05) is 24.3 Å². The second-order valence-electron chi connectivity index (χ2n) is 8.61. The molecule has 164 valence electrons. The number of halogens is 1. The number of aromatic amines is 1. The minimum Gasteiger partial charge on any atom is -0.361 e. The van der Waals surface area contributed by atoms with Crippen LogP contribution in [0.5, 0.6) is 0 Å². The number of nitrogens with zero attached hydrogens (tertiary/aromatic N) is 1. The summed E-state index contributed by atoms with van der Waals surface area (Å²) in [6.45, 7) is 5.85. The molecule has 4 rings (SSSR count). The van der Waals surface area contributed by atoms with Crippen LogP contribution in [-0.2, 0) is 0 Å². The van der Waals surface area contributed by atoms with Crippen molar-refractivity contribution in [3.05, 3.63) is 64.8 Å². The zero-order valence-corrected chi connectivity index (χ0v) is 19.0. The molecule has 1 amide bonds. The van der Waals surface area contributed by atoms with Gasteiger partial charge in [0.2, 0.25) is 0 Å². The van der Waals surface area contributed by atoms with E-state index in [0.29, 0.717) is 16.5 Å². The van der Waals surface area contributed by atoms with Crippen molar-refractivity contribution in [3.8, 4) is 0 Å². The maximum absolute atomic E-state index is 12.7. The molecule has 1 aromatic heterocycles. The molecule has 0 saturated carbocycles. The molecule has 2 N–H and O–H groups in total. The summed E-state index contributed by atoms with van der Waals surface area (Å²) in [5.41, 5.74) is 3.78. The third-order valence-corrected chi connectivity index (χ3v) is 6.77. The number of hydrogen-bond donors (Lipinski definition) is 2. The van der Waals surface area contributed by atoms with Crippen molar-refractivity contribution in [3.63, 3.8) is 0 Å². The van der Waals surface area contributed by atoms with Gasteiger partial charge in [0.15, 0.2) is 0 Å². The highest BCUT2D eigenvalue weighted by Gasteiger charge is 2.23. The molecule has 1 saturated heterocycles. The number of rotatable bonds is 8. The lowest BCUT2D eigenvalue weighted by Gasteiger charge is -2.32. The van der Waals surface area contributed by atoms with Crippen molar-refractivity contribution < 1.29 is 4.79 Å². The predicted octanol–water partition coefficient (Wildman–Crippen LogP) is 6.83. The largest absolute Gasteiger partial charge is 0.361 e. The van der Waals surface area contributed by atoms with Gasteiger partial charge in [-0.2, -0.15) is 0 Å². The van der Waals surface area contributed by atoms with Crippen LogP contribution in [0.4, 0.5) is 5.69 Å². The van der Waals surface area contributed by atoms with Gasteiger partial charge in [-0.25, -0.2) is 0 Å². The standard InChI is InChI=1S/C26H32ClN3O/c1-2-3-4-7-14-30-15-12-19(13-16-30)23-18-28-25-11-10-20(17-22(23)25)29-26(31)21-8-5-6-9-24(21)27/h5-6,8-11,17-19,28H,2-4,7,12-16H2,1H3,(H,29,31). The first-order valence-corrected chi connectivity index (χ1v) is 11.9. The molecule has 0 radical (unpaired) electrons. The average molecular weight is 438 g/mol. The summed E-state index contributed by atoms with van der Waals surface area (Å²) in [5, 5.41) is 4.68. The van der Waals surface area contributed by atoms with Crippen LogP contribution >= 0.6 is 11.6 Å². The molecule has 0 bridgehead atoms. The fraction of sp³-hybridized carbons (Fsp3) is 0.423. The number of likely N-dealkylation sites (tertiary alicyclic amines) is 1. The number of anilines is 1. The van der Waals surface area contributed by atoms with Gasteiger partial charge in [-0.05, 0) is 80.7 Å². The Balaban J connectivity index is 1.42.